The van der Waals surface area contributed by atoms with Crippen LogP contribution in [0.5, 0.6) is 0 Å². The van der Waals surface area contributed by atoms with Crippen LogP contribution in [0.25, 0.3) is 0 Å². The van der Waals surface area contributed by atoms with Crippen LogP contribution in [0.4, 0.5) is 0 Å². The zero-order valence-electron chi connectivity index (χ0n) is 5.28. The van der Waals surface area contributed by atoms with Gasteiger partial charge in [0, 0.05) is 0 Å². The quantitative estimate of drug-likeness (QED) is 0.508. The molecule has 0 spiro atoms. The third-order valence-electron chi connectivity index (χ3n) is 0.884. The minimum Gasteiger partial charge on any atom is -0.390 e. The molecular formula is C7H10O2. The standard InChI is InChI=1S/C7H10O2/c1-3-4-5-7(9)6(2)8/h1,4-9H,2H3/b5-4-/t6-,7-/m0/s1. The van der Waals surface area contributed by atoms with Gasteiger partial charge in [-0.05, 0) is 19.1 Å². The Morgan fingerprint density at radius 3 is 2.44 bits per heavy atom. The van der Waals surface area contributed by atoms with E-state index in [4.69, 9.17) is 16.6 Å². The predicted octanol–water partition coefficient (Wildman–Crippen LogP) is -0.0825. The molecule has 0 aromatic heterocycles. The Balaban J connectivity index is 3.65. The summed E-state index contributed by atoms with van der Waals surface area (Å²) in [6, 6.07) is 0. The number of terminal acetylenes is 1. The van der Waals surface area contributed by atoms with Crippen LogP contribution in [0.3, 0.4) is 0 Å². The molecular weight excluding hydrogens is 116 g/mol. The molecule has 2 nitrogen and oxygen atoms in total. The lowest BCUT2D eigenvalue weighted by atomic mass is 10.2. The first-order chi connectivity index (χ1) is 4.18. The highest BCUT2D eigenvalue weighted by Gasteiger charge is 2.03. The first-order valence-electron chi connectivity index (χ1n) is 2.67. The summed E-state index contributed by atoms with van der Waals surface area (Å²) in [6.45, 7) is 1.49. The van der Waals surface area contributed by atoms with Gasteiger partial charge < -0.3 is 10.2 Å². The van der Waals surface area contributed by atoms with Gasteiger partial charge in [0.15, 0.2) is 0 Å². The van der Waals surface area contributed by atoms with Gasteiger partial charge in [-0.3, -0.25) is 0 Å². The molecule has 0 bridgehead atoms. The second kappa shape index (κ2) is 4.13. The van der Waals surface area contributed by atoms with Crippen LogP contribution >= 0.6 is 0 Å². The third-order valence-corrected chi connectivity index (χ3v) is 0.884. The van der Waals surface area contributed by atoms with E-state index in [-0.39, 0.29) is 0 Å². The highest BCUT2D eigenvalue weighted by Crippen LogP contribution is 1.92. The molecule has 0 saturated heterocycles. The zero-order valence-corrected chi connectivity index (χ0v) is 5.28. The molecule has 0 amide bonds. The summed E-state index contributed by atoms with van der Waals surface area (Å²) in [4.78, 5) is 0. The van der Waals surface area contributed by atoms with Crippen molar-refractivity contribution in [3.8, 4) is 12.3 Å². The molecule has 0 unspecified atom stereocenters. The van der Waals surface area contributed by atoms with Crippen molar-refractivity contribution in [2.75, 3.05) is 0 Å². The molecule has 0 fully saturated rings. The molecule has 0 aromatic rings. The lowest BCUT2D eigenvalue weighted by molar-refractivity contribution is 0.0619. The van der Waals surface area contributed by atoms with Gasteiger partial charge in [0.1, 0.15) is 0 Å². The molecule has 9 heavy (non-hydrogen) atoms. The van der Waals surface area contributed by atoms with Crippen LogP contribution in [-0.4, -0.2) is 22.4 Å². The van der Waals surface area contributed by atoms with Crippen molar-refractivity contribution in [1.82, 2.24) is 0 Å². The monoisotopic (exact) mass is 126 g/mol. The highest BCUT2D eigenvalue weighted by atomic mass is 16.3. The van der Waals surface area contributed by atoms with E-state index in [1.807, 2.05) is 0 Å². The first kappa shape index (κ1) is 8.22. The Labute approximate surface area is 54.8 Å². The van der Waals surface area contributed by atoms with Gasteiger partial charge in [-0.1, -0.05) is 5.92 Å². The molecule has 50 valence electrons. The van der Waals surface area contributed by atoms with Gasteiger partial charge >= 0.3 is 0 Å². The second-order valence-electron chi connectivity index (χ2n) is 1.76. The van der Waals surface area contributed by atoms with Crippen molar-refractivity contribution >= 4 is 0 Å². The average Bonchev–Trinajstić information content (AvgIpc) is 1.82. The fourth-order valence-corrected chi connectivity index (χ4v) is 0.315. The van der Waals surface area contributed by atoms with Crippen LogP contribution in [-0.2, 0) is 0 Å². The van der Waals surface area contributed by atoms with Crippen molar-refractivity contribution in [1.29, 1.82) is 0 Å². The first-order valence-corrected chi connectivity index (χ1v) is 2.67. The molecule has 0 aliphatic rings. The second-order valence-corrected chi connectivity index (χ2v) is 1.76. The minimum absolute atomic E-state index is 0.755. The summed E-state index contributed by atoms with van der Waals surface area (Å²) >= 11 is 0. The third kappa shape index (κ3) is 3.77. The van der Waals surface area contributed by atoms with Gasteiger partial charge in [-0.25, -0.2) is 0 Å². The summed E-state index contributed by atoms with van der Waals surface area (Å²) in [5.74, 6) is 2.20. The van der Waals surface area contributed by atoms with Gasteiger partial charge in [-0.2, -0.15) is 0 Å². The van der Waals surface area contributed by atoms with Crippen molar-refractivity contribution in [2.45, 2.75) is 19.1 Å². The molecule has 0 aromatic carbocycles. The number of rotatable bonds is 2. The van der Waals surface area contributed by atoms with Crippen molar-refractivity contribution in [2.24, 2.45) is 0 Å². The lowest BCUT2D eigenvalue weighted by Gasteiger charge is -2.06. The molecule has 0 saturated carbocycles. The Kier molecular flexibility index (Phi) is 3.78. The van der Waals surface area contributed by atoms with E-state index in [1.54, 1.807) is 0 Å². The summed E-state index contributed by atoms with van der Waals surface area (Å²) in [5.41, 5.74) is 0. The maximum atomic E-state index is 8.83. The fraction of sp³-hybridized carbons (Fsp3) is 0.429. The number of aliphatic hydroxyl groups excluding tert-OH is 2. The van der Waals surface area contributed by atoms with Crippen LogP contribution < -0.4 is 0 Å². The van der Waals surface area contributed by atoms with E-state index in [9.17, 15) is 0 Å². The van der Waals surface area contributed by atoms with E-state index >= 15 is 0 Å². The van der Waals surface area contributed by atoms with Gasteiger partial charge in [0.2, 0.25) is 0 Å². The Morgan fingerprint density at radius 1 is 1.56 bits per heavy atom. The molecule has 0 rings (SSSR count). The van der Waals surface area contributed by atoms with Gasteiger partial charge in [0.25, 0.3) is 0 Å². The molecule has 2 atom stereocenters. The van der Waals surface area contributed by atoms with Gasteiger partial charge in [0.05, 0.1) is 12.2 Å². The lowest BCUT2D eigenvalue weighted by Crippen LogP contribution is -2.19. The largest absolute Gasteiger partial charge is 0.390 e. The van der Waals surface area contributed by atoms with E-state index < -0.39 is 12.2 Å². The van der Waals surface area contributed by atoms with Gasteiger partial charge in [-0.15, -0.1) is 6.42 Å². The van der Waals surface area contributed by atoms with E-state index in [0.29, 0.717) is 0 Å². The van der Waals surface area contributed by atoms with Crippen molar-refractivity contribution in [3.05, 3.63) is 12.2 Å². The van der Waals surface area contributed by atoms with E-state index in [0.717, 1.165) is 0 Å². The van der Waals surface area contributed by atoms with Crippen molar-refractivity contribution in [3.63, 3.8) is 0 Å². The molecule has 0 radical (unpaired) electrons. The van der Waals surface area contributed by atoms with Crippen LogP contribution in [0.1, 0.15) is 6.92 Å². The Bertz CT molecular complexity index is 130. The highest BCUT2D eigenvalue weighted by molar-refractivity contribution is 5.11. The number of hydrogen-bond donors (Lipinski definition) is 2. The molecule has 2 heteroatoms. The maximum Gasteiger partial charge on any atom is 0.0986 e. The normalized spacial score (nSPS) is 17.1. The summed E-state index contributed by atoms with van der Waals surface area (Å²) in [6.07, 6.45) is 5.97. The minimum atomic E-state index is -0.846. The smallest absolute Gasteiger partial charge is 0.0986 e. The summed E-state index contributed by atoms with van der Waals surface area (Å²) in [7, 11) is 0. The van der Waals surface area contributed by atoms with Crippen LogP contribution in [0.2, 0.25) is 0 Å². The molecule has 0 aliphatic carbocycles. The van der Waals surface area contributed by atoms with Crippen molar-refractivity contribution < 1.29 is 10.2 Å². The topological polar surface area (TPSA) is 40.5 Å². The predicted molar refractivity (Wildman–Crippen MR) is 35.7 cm³/mol. The molecule has 0 aliphatic heterocycles. The summed E-state index contributed by atoms with van der Waals surface area (Å²) < 4.78 is 0. The Morgan fingerprint density at radius 2 is 2.11 bits per heavy atom. The molecule has 2 N–H and O–H groups in total. The number of allylic oxidation sites excluding steroid dienone is 1. The van der Waals surface area contributed by atoms with E-state index in [1.165, 1.54) is 19.1 Å². The van der Waals surface area contributed by atoms with E-state index in [2.05, 4.69) is 5.92 Å². The number of aliphatic hydroxyl groups is 2. The Hall–Kier alpha value is -0.780. The fourth-order valence-electron chi connectivity index (χ4n) is 0.315. The van der Waals surface area contributed by atoms with Crippen LogP contribution in [0.15, 0.2) is 12.2 Å². The summed E-state index contributed by atoms with van der Waals surface area (Å²) in [5, 5.41) is 17.5. The maximum absolute atomic E-state index is 8.83. The average molecular weight is 126 g/mol. The number of hydrogen-bond acceptors (Lipinski definition) is 2. The van der Waals surface area contributed by atoms with Crippen LogP contribution in [0, 0.1) is 12.3 Å². The zero-order chi connectivity index (χ0) is 7.28. The SMILES string of the molecule is C#C/C=C\[C@H](O)[C@H](C)O. The molecule has 0 heterocycles.